The van der Waals surface area contributed by atoms with Crippen molar-refractivity contribution in [1.82, 2.24) is 0 Å². The Labute approximate surface area is 185 Å². The van der Waals surface area contributed by atoms with Crippen LogP contribution in [-0.4, -0.2) is 31.1 Å². The minimum Gasteiger partial charge on any atom is -1.00 e. The Morgan fingerprint density at radius 3 is 1.80 bits per heavy atom. The van der Waals surface area contributed by atoms with E-state index in [1.54, 1.807) is 18.2 Å². The normalized spacial score (nSPS) is 12.4. The van der Waals surface area contributed by atoms with Crippen molar-refractivity contribution in [2.75, 3.05) is 7.11 Å². The standard InChI is InChI=1S/C22H33NO6.ClH/c1-21(2,3)12-18(24)28-16-9-8-14(10-15(23)20(26)27-7)11-17(16)29-19(25)13-22(4,5)6;/h8-9,11,15H,10,12-13,23H2,1-7H3;1H/t15-;/m0./s1. The van der Waals surface area contributed by atoms with Gasteiger partial charge in [0.2, 0.25) is 0 Å². The molecule has 0 amide bonds. The fourth-order valence-corrected chi connectivity index (χ4v) is 2.56. The Bertz CT molecular complexity index is 749. The van der Waals surface area contributed by atoms with Crippen molar-refractivity contribution in [2.45, 2.75) is 66.8 Å². The van der Waals surface area contributed by atoms with E-state index in [2.05, 4.69) is 5.73 Å². The fourth-order valence-electron chi connectivity index (χ4n) is 2.56. The van der Waals surface area contributed by atoms with E-state index in [1.807, 2.05) is 41.5 Å². The number of carbonyl (C=O) groups excluding carboxylic acids is 3. The monoisotopic (exact) mass is 443 g/mol. The van der Waals surface area contributed by atoms with Crippen LogP contribution in [-0.2, 0) is 25.5 Å². The molecule has 0 fully saturated rings. The molecule has 8 heteroatoms. The lowest BCUT2D eigenvalue weighted by molar-refractivity contribution is -0.407. The van der Waals surface area contributed by atoms with Gasteiger partial charge in [0.05, 0.1) is 20.0 Å². The number of ether oxygens (including phenoxy) is 3. The quantitative estimate of drug-likeness (QED) is 0.458. The van der Waals surface area contributed by atoms with Crippen LogP contribution in [0.1, 0.15) is 59.9 Å². The Morgan fingerprint density at radius 1 is 0.900 bits per heavy atom. The average molecular weight is 444 g/mol. The molecule has 0 bridgehead atoms. The molecule has 0 saturated carbocycles. The Kier molecular flexibility index (Phi) is 10.5. The zero-order valence-corrected chi connectivity index (χ0v) is 19.7. The lowest BCUT2D eigenvalue weighted by atomic mass is 9.92. The van der Waals surface area contributed by atoms with E-state index >= 15 is 0 Å². The SMILES string of the molecule is COC(=O)[C@@H]([NH3+])Cc1ccc(OC(=O)CC(C)(C)C)c(OC(=O)CC(C)(C)C)c1.[Cl-]. The summed E-state index contributed by atoms with van der Waals surface area (Å²) in [7, 11) is 1.30. The van der Waals surface area contributed by atoms with Gasteiger partial charge in [-0.1, -0.05) is 47.6 Å². The van der Waals surface area contributed by atoms with Crippen LogP contribution in [0.5, 0.6) is 11.5 Å². The molecular formula is C22H34ClNO6. The smallest absolute Gasteiger partial charge is 0.364 e. The molecule has 30 heavy (non-hydrogen) atoms. The maximum absolute atomic E-state index is 12.3. The van der Waals surface area contributed by atoms with Crippen LogP contribution < -0.4 is 27.6 Å². The van der Waals surface area contributed by atoms with Crippen molar-refractivity contribution in [2.24, 2.45) is 10.8 Å². The predicted octanol–water partition coefficient (Wildman–Crippen LogP) is -0.300. The maximum Gasteiger partial charge on any atom is 0.364 e. The number of halogens is 1. The van der Waals surface area contributed by atoms with Crippen LogP contribution in [0.25, 0.3) is 0 Å². The van der Waals surface area contributed by atoms with Crippen LogP contribution in [0.4, 0.5) is 0 Å². The number of quaternary nitrogens is 1. The predicted molar refractivity (Wildman–Crippen MR) is 108 cm³/mol. The van der Waals surface area contributed by atoms with Gasteiger partial charge >= 0.3 is 17.9 Å². The zero-order chi connectivity index (χ0) is 22.4. The van der Waals surface area contributed by atoms with Gasteiger partial charge in [-0.25, -0.2) is 4.79 Å². The second kappa shape index (κ2) is 11.3. The second-order valence-corrected chi connectivity index (χ2v) is 9.63. The summed E-state index contributed by atoms with van der Waals surface area (Å²) >= 11 is 0. The van der Waals surface area contributed by atoms with Gasteiger partial charge in [0.1, 0.15) is 0 Å². The molecule has 0 aliphatic rings. The molecule has 0 heterocycles. The van der Waals surface area contributed by atoms with Crippen molar-refractivity contribution >= 4 is 17.9 Å². The second-order valence-electron chi connectivity index (χ2n) is 9.63. The van der Waals surface area contributed by atoms with E-state index in [1.165, 1.54) is 7.11 Å². The summed E-state index contributed by atoms with van der Waals surface area (Å²) < 4.78 is 15.7. The Morgan fingerprint density at radius 2 is 1.37 bits per heavy atom. The summed E-state index contributed by atoms with van der Waals surface area (Å²) in [5.41, 5.74) is 4.02. The summed E-state index contributed by atoms with van der Waals surface area (Å²) in [6, 6.07) is 4.27. The molecule has 1 atom stereocenters. The lowest BCUT2D eigenvalue weighted by Crippen LogP contribution is -3.00. The number of carbonyl (C=O) groups is 3. The zero-order valence-electron chi connectivity index (χ0n) is 19.0. The lowest BCUT2D eigenvalue weighted by Gasteiger charge is -2.19. The topological polar surface area (TPSA) is 107 Å². The highest BCUT2D eigenvalue weighted by atomic mass is 35.5. The maximum atomic E-state index is 12.3. The van der Waals surface area contributed by atoms with E-state index in [0.717, 1.165) is 0 Å². The molecule has 0 radical (unpaired) electrons. The van der Waals surface area contributed by atoms with E-state index in [0.29, 0.717) is 12.0 Å². The third kappa shape index (κ3) is 10.6. The minimum atomic E-state index is -0.604. The molecule has 7 nitrogen and oxygen atoms in total. The van der Waals surface area contributed by atoms with E-state index in [4.69, 9.17) is 14.2 Å². The van der Waals surface area contributed by atoms with Gasteiger partial charge in [-0.2, -0.15) is 0 Å². The Balaban J connectivity index is 0.00000841. The van der Waals surface area contributed by atoms with Crippen LogP contribution in [0, 0.1) is 10.8 Å². The fraction of sp³-hybridized carbons (Fsp3) is 0.591. The first-order chi connectivity index (χ1) is 13.2. The highest BCUT2D eigenvalue weighted by molar-refractivity contribution is 5.77. The first-order valence-corrected chi connectivity index (χ1v) is 9.65. The van der Waals surface area contributed by atoms with Crippen molar-refractivity contribution in [3.8, 4) is 11.5 Å². The van der Waals surface area contributed by atoms with Gasteiger partial charge in [0.25, 0.3) is 0 Å². The highest BCUT2D eigenvalue weighted by Gasteiger charge is 2.24. The molecule has 0 unspecified atom stereocenters. The molecule has 1 aromatic rings. The highest BCUT2D eigenvalue weighted by Crippen LogP contribution is 2.32. The molecule has 0 aliphatic heterocycles. The molecule has 3 N–H and O–H groups in total. The third-order valence-electron chi connectivity index (χ3n) is 3.82. The number of hydrogen-bond donors (Lipinski definition) is 1. The molecule has 0 aromatic heterocycles. The molecule has 1 aromatic carbocycles. The Hall–Kier alpha value is -2.12. The van der Waals surface area contributed by atoms with Crippen LogP contribution in [0.15, 0.2) is 18.2 Å². The van der Waals surface area contributed by atoms with Crippen molar-refractivity contribution < 1.29 is 46.7 Å². The molecule has 1 rings (SSSR count). The molecule has 0 saturated heterocycles. The van der Waals surface area contributed by atoms with Gasteiger partial charge in [-0.05, 0) is 28.5 Å². The molecule has 170 valence electrons. The first-order valence-electron chi connectivity index (χ1n) is 9.65. The molecule has 0 spiro atoms. The average Bonchev–Trinajstić information content (AvgIpc) is 2.52. The van der Waals surface area contributed by atoms with Crippen molar-refractivity contribution in [3.63, 3.8) is 0 Å². The van der Waals surface area contributed by atoms with Crippen molar-refractivity contribution in [1.29, 1.82) is 0 Å². The summed E-state index contributed by atoms with van der Waals surface area (Å²) in [4.78, 5) is 36.2. The third-order valence-corrected chi connectivity index (χ3v) is 3.82. The molecular weight excluding hydrogens is 410 g/mol. The van der Waals surface area contributed by atoms with E-state index in [-0.39, 0.29) is 47.6 Å². The molecule has 0 aliphatic carbocycles. The number of benzene rings is 1. The van der Waals surface area contributed by atoms with Gasteiger partial charge in [-0.15, -0.1) is 0 Å². The number of methoxy groups -OCH3 is 1. The summed E-state index contributed by atoms with van der Waals surface area (Å²) in [6.45, 7) is 11.6. The minimum absolute atomic E-state index is 0. The van der Waals surface area contributed by atoms with Crippen molar-refractivity contribution in [3.05, 3.63) is 23.8 Å². The van der Waals surface area contributed by atoms with Gasteiger partial charge in [0.15, 0.2) is 17.5 Å². The van der Waals surface area contributed by atoms with Crippen LogP contribution in [0.3, 0.4) is 0 Å². The van der Waals surface area contributed by atoms with Gasteiger partial charge in [0, 0.05) is 6.42 Å². The van der Waals surface area contributed by atoms with Crippen LogP contribution >= 0.6 is 0 Å². The summed E-state index contributed by atoms with van der Waals surface area (Å²) in [5.74, 6) is -0.957. The van der Waals surface area contributed by atoms with E-state index in [9.17, 15) is 14.4 Å². The largest absolute Gasteiger partial charge is 1.00 e. The van der Waals surface area contributed by atoms with Crippen LogP contribution in [0.2, 0.25) is 0 Å². The number of rotatable bonds is 7. The number of esters is 3. The number of hydrogen-bond acceptors (Lipinski definition) is 6. The van der Waals surface area contributed by atoms with Gasteiger partial charge in [-0.3, -0.25) is 9.59 Å². The summed E-state index contributed by atoms with van der Waals surface area (Å²) in [5, 5.41) is 0. The van der Waals surface area contributed by atoms with E-state index < -0.39 is 23.9 Å². The summed E-state index contributed by atoms with van der Waals surface area (Å²) in [6.07, 6.45) is 0.715. The first kappa shape index (κ1) is 27.9. The van der Waals surface area contributed by atoms with Gasteiger partial charge < -0.3 is 32.4 Å².